The van der Waals surface area contributed by atoms with E-state index in [1.165, 1.54) is 0 Å². The fourth-order valence-electron chi connectivity index (χ4n) is 1.17. The number of nitrogens with two attached hydrogens (primary N) is 1. The molecule has 0 aromatic rings. The van der Waals surface area contributed by atoms with Gasteiger partial charge >= 0.3 is 5.97 Å². The number of carbonyl (C=O) groups is 1. The highest BCUT2D eigenvalue weighted by Gasteiger charge is 2.36. The minimum Gasteiger partial charge on any atom is -0.481 e. The van der Waals surface area contributed by atoms with Gasteiger partial charge in [-0.25, -0.2) is 0 Å². The van der Waals surface area contributed by atoms with Gasteiger partial charge in [0.2, 0.25) is 0 Å². The second kappa shape index (κ2) is 4.42. The average molecular weight is 183 g/mol. The number of allylic oxidation sites excluding steroid dienone is 1. The summed E-state index contributed by atoms with van der Waals surface area (Å²) < 4.78 is 0. The van der Waals surface area contributed by atoms with Crippen molar-refractivity contribution in [1.82, 2.24) is 0 Å². The molecule has 1 saturated carbocycles. The lowest BCUT2D eigenvalue weighted by Crippen LogP contribution is -2.19. The zero-order chi connectivity index (χ0) is 9.73. The van der Waals surface area contributed by atoms with Gasteiger partial charge in [0.05, 0.1) is 0 Å². The largest absolute Gasteiger partial charge is 0.481 e. The lowest BCUT2D eigenvalue weighted by atomic mass is 10.1. The topological polar surface area (TPSA) is 63.3 Å². The van der Waals surface area contributed by atoms with Crippen LogP contribution in [0.15, 0.2) is 12.2 Å². The molecule has 0 aromatic carbocycles. The molecule has 0 unspecified atom stereocenters. The fraction of sp³-hybridized carbons (Fsp3) is 0.700. The third-order valence-corrected chi connectivity index (χ3v) is 2.34. The first kappa shape index (κ1) is 10.3. The van der Waals surface area contributed by atoms with Gasteiger partial charge in [-0.05, 0) is 32.1 Å². The van der Waals surface area contributed by atoms with E-state index in [1.807, 2.05) is 6.08 Å². The van der Waals surface area contributed by atoms with Gasteiger partial charge in [-0.3, -0.25) is 4.79 Å². The van der Waals surface area contributed by atoms with Crippen molar-refractivity contribution in [2.45, 2.75) is 44.1 Å². The molecule has 0 saturated heterocycles. The summed E-state index contributed by atoms with van der Waals surface area (Å²) in [5, 5.41) is 8.37. The Morgan fingerprint density at radius 2 is 2.15 bits per heavy atom. The lowest BCUT2D eigenvalue weighted by molar-refractivity contribution is -0.137. The van der Waals surface area contributed by atoms with Crippen molar-refractivity contribution in [3.63, 3.8) is 0 Å². The number of carboxylic acids is 1. The van der Waals surface area contributed by atoms with E-state index < -0.39 is 5.97 Å². The molecule has 1 aliphatic rings. The van der Waals surface area contributed by atoms with Crippen molar-refractivity contribution < 1.29 is 9.90 Å². The molecule has 0 atom stereocenters. The average Bonchev–Trinajstić information content (AvgIpc) is 2.76. The van der Waals surface area contributed by atoms with Crippen LogP contribution in [0.2, 0.25) is 0 Å². The molecule has 0 amide bonds. The smallest absolute Gasteiger partial charge is 0.303 e. The van der Waals surface area contributed by atoms with Crippen molar-refractivity contribution in [1.29, 1.82) is 0 Å². The molecule has 0 bridgehead atoms. The van der Waals surface area contributed by atoms with Crippen LogP contribution in [-0.4, -0.2) is 16.6 Å². The molecule has 13 heavy (non-hydrogen) atoms. The van der Waals surface area contributed by atoms with Crippen LogP contribution in [0.5, 0.6) is 0 Å². The first-order valence-corrected chi connectivity index (χ1v) is 4.78. The van der Waals surface area contributed by atoms with Crippen molar-refractivity contribution in [2.24, 2.45) is 5.73 Å². The summed E-state index contributed by atoms with van der Waals surface area (Å²) >= 11 is 0. The summed E-state index contributed by atoms with van der Waals surface area (Å²) in [5.41, 5.74) is 5.95. The molecule has 0 aliphatic heterocycles. The Labute approximate surface area is 78.6 Å². The van der Waals surface area contributed by atoms with Crippen LogP contribution in [0.1, 0.15) is 38.5 Å². The number of rotatable bonds is 6. The molecule has 0 radical (unpaired) electrons. The third kappa shape index (κ3) is 4.68. The molecule has 0 aromatic heterocycles. The molecule has 0 spiro atoms. The Morgan fingerprint density at radius 3 is 2.69 bits per heavy atom. The maximum Gasteiger partial charge on any atom is 0.303 e. The van der Waals surface area contributed by atoms with Crippen molar-refractivity contribution in [3.8, 4) is 0 Å². The Bertz CT molecular complexity index is 207. The van der Waals surface area contributed by atoms with Crippen LogP contribution < -0.4 is 5.73 Å². The summed E-state index contributed by atoms with van der Waals surface area (Å²) in [4.78, 5) is 10.2. The molecule has 1 fully saturated rings. The number of unbranched alkanes of at least 4 members (excludes halogenated alkanes) is 1. The Balaban J connectivity index is 1.95. The fourth-order valence-corrected chi connectivity index (χ4v) is 1.17. The highest BCUT2D eigenvalue weighted by Crippen LogP contribution is 2.35. The van der Waals surface area contributed by atoms with E-state index in [9.17, 15) is 4.79 Å². The zero-order valence-electron chi connectivity index (χ0n) is 7.83. The Morgan fingerprint density at radius 1 is 1.46 bits per heavy atom. The highest BCUT2D eigenvalue weighted by molar-refractivity contribution is 5.66. The van der Waals surface area contributed by atoms with E-state index in [4.69, 9.17) is 10.8 Å². The van der Waals surface area contributed by atoms with Gasteiger partial charge in [-0.15, -0.1) is 0 Å². The van der Waals surface area contributed by atoms with Crippen molar-refractivity contribution >= 4 is 5.97 Å². The van der Waals surface area contributed by atoms with Gasteiger partial charge in [0.1, 0.15) is 0 Å². The van der Waals surface area contributed by atoms with E-state index in [0.29, 0.717) is 0 Å². The molecule has 3 nitrogen and oxygen atoms in total. The Kier molecular flexibility index (Phi) is 3.48. The lowest BCUT2D eigenvalue weighted by Gasteiger charge is -2.01. The molecule has 1 aliphatic carbocycles. The van der Waals surface area contributed by atoms with E-state index >= 15 is 0 Å². The molecule has 1 rings (SSSR count). The van der Waals surface area contributed by atoms with Crippen LogP contribution in [0.25, 0.3) is 0 Å². The van der Waals surface area contributed by atoms with Gasteiger partial charge in [-0.1, -0.05) is 12.2 Å². The Hall–Kier alpha value is -0.830. The first-order valence-electron chi connectivity index (χ1n) is 4.78. The van der Waals surface area contributed by atoms with Crippen molar-refractivity contribution in [3.05, 3.63) is 12.2 Å². The molecular formula is C10H17NO2. The summed E-state index contributed by atoms with van der Waals surface area (Å²) in [6, 6.07) is 0. The van der Waals surface area contributed by atoms with Crippen LogP contribution in [0, 0.1) is 0 Å². The van der Waals surface area contributed by atoms with Gasteiger partial charge in [0.25, 0.3) is 0 Å². The first-order chi connectivity index (χ1) is 6.12. The predicted molar refractivity (Wildman–Crippen MR) is 51.4 cm³/mol. The molecule has 3 heteroatoms. The minimum absolute atomic E-state index is 0.0866. The van der Waals surface area contributed by atoms with E-state index in [1.54, 1.807) is 0 Å². The number of aliphatic carboxylic acids is 1. The van der Waals surface area contributed by atoms with E-state index in [2.05, 4.69) is 6.08 Å². The standard InChI is InChI=1S/C10H17NO2/c11-10(7-8-10)6-4-2-1-3-5-9(12)13/h2,4H,1,3,5-8,11H2,(H,12,13)/b4-2+. The third-order valence-electron chi connectivity index (χ3n) is 2.34. The second-order valence-corrected chi connectivity index (χ2v) is 3.82. The van der Waals surface area contributed by atoms with E-state index in [-0.39, 0.29) is 12.0 Å². The van der Waals surface area contributed by atoms with Gasteiger partial charge in [0.15, 0.2) is 0 Å². The van der Waals surface area contributed by atoms with Gasteiger partial charge in [0, 0.05) is 12.0 Å². The summed E-state index contributed by atoms with van der Waals surface area (Å²) in [5.74, 6) is -0.717. The second-order valence-electron chi connectivity index (χ2n) is 3.82. The van der Waals surface area contributed by atoms with Crippen LogP contribution in [-0.2, 0) is 4.79 Å². The minimum atomic E-state index is -0.717. The highest BCUT2D eigenvalue weighted by atomic mass is 16.4. The normalized spacial score (nSPS) is 19.2. The monoisotopic (exact) mass is 183 g/mol. The van der Waals surface area contributed by atoms with Crippen LogP contribution in [0.3, 0.4) is 0 Å². The maximum atomic E-state index is 10.2. The summed E-state index contributed by atoms with van der Waals surface area (Å²) in [6.45, 7) is 0. The SMILES string of the molecule is NC1(C/C=C/CCCC(=O)O)CC1. The molecule has 74 valence electrons. The molecular weight excluding hydrogens is 166 g/mol. The summed E-state index contributed by atoms with van der Waals surface area (Å²) in [7, 11) is 0. The number of hydrogen-bond donors (Lipinski definition) is 2. The van der Waals surface area contributed by atoms with E-state index in [0.717, 1.165) is 32.1 Å². The van der Waals surface area contributed by atoms with Gasteiger partial charge in [-0.2, -0.15) is 0 Å². The predicted octanol–water partition coefficient (Wildman–Crippen LogP) is 1.68. The summed E-state index contributed by atoms with van der Waals surface area (Å²) in [6.07, 6.45) is 9.16. The molecule has 0 heterocycles. The quantitative estimate of drug-likeness (QED) is 0.486. The van der Waals surface area contributed by atoms with Crippen LogP contribution >= 0.6 is 0 Å². The molecule has 3 N–H and O–H groups in total. The number of hydrogen-bond acceptors (Lipinski definition) is 2. The van der Waals surface area contributed by atoms with Crippen molar-refractivity contribution in [2.75, 3.05) is 0 Å². The number of carboxylic acid groups (broad SMARTS) is 1. The van der Waals surface area contributed by atoms with Gasteiger partial charge < -0.3 is 10.8 Å². The maximum absolute atomic E-state index is 10.2. The van der Waals surface area contributed by atoms with Crippen LogP contribution in [0.4, 0.5) is 0 Å². The zero-order valence-corrected chi connectivity index (χ0v) is 7.83.